The van der Waals surface area contributed by atoms with Gasteiger partial charge in [-0.2, -0.15) is 0 Å². The first-order valence-corrected chi connectivity index (χ1v) is 5.53. The summed E-state index contributed by atoms with van der Waals surface area (Å²) >= 11 is 0. The predicted molar refractivity (Wildman–Crippen MR) is 59.9 cm³/mol. The van der Waals surface area contributed by atoms with Gasteiger partial charge in [0.15, 0.2) is 0 Å². The van der Waals surface area contributed by atoms with Crippen molar-refractivity contribution >= 4 is 0 Å². The molecule has 1 aliphatic carbocycles. The monoisotopic (exact) mass is 198 g/mol. The number of furan rings is 1. The van der Waals surface area contributed by atoms with Gasteiger partial charge in [-0.25, -0.2) is 0 Å². The van der Waals surface area contributed by atoms with Gasteiger partial charge in [0.05, 0.1) is 6.26 Å². The van der Waals surface area contributed by atoms with Gasteiger partial charge in [0.25, 0.3) is 0 Å². The molecule has 0 amide bonds. The van der Waals surface area contributed by atoms with Crippen LogP contribution in [-0.4, -0.2) is 0 Å². The second-order valence-corrected chi connectivity index (χ2v) is 4.28. The van der Waals surface area contributed by atoms with E-state index in [0.717, 1.165) is 18.1 Å². The van der Waals surface area contributed by atoms with Gasteiger partial charge in [0.2, 0.25) is 0 Å². The van der Waals surface area contributed by atoms with Crippen molar-refractivity contribution in [3.8, 4) is 0 Å². The van der Waals surface area contributed by atoms with E-state index in [1.165, 1.54) is 24.0 Å². The minimum absolute atomic E-state index is 0.835. The molecule has 0 aliphatic heterocycles. The maximum atomic E-state index is 5.35. The zero-order chi connectivity index (χ0) is 10.1. The molecule has 1 nitrogen and oxygen atoms in total. The summed E-state index contributed by atoms with van der Waals surface area (Å²) in [5.41, 5.74) is 2.86. The second kappa shape index (κ2) is 3.58. The van der Waals surface area contributed by atoms with Crippen molar-refractivity contribution in [2.75, 3.05) is 0 Å². The maximum Gasteiger partial charge on any atom is 0.108 e. The molecule has 1 fully saturated rings. The van der Waals surface area contributed by atoms with Gasteiger partial charge in [0.1, 0.15) is 5.76 Å². The zero-order valence-corrected chi connectivity index (χ0v) is 8.65. The van der Waals surface area contributed by atoms with Crippen LogP contribution in [0.15, 0.2) is 47.1 Å². The smallest absolute Gasteiger partial charge is 0.108 e. The Morgan fingerprint density at radius 2 is 2.07 bits per heavy atom. The molecule has 76 valence electrons. The molecule has 2 aromatic rings. The van der Waals surface area contributed by atoms with Gasteiger partial charge in [-0.1, -0.05) is 24.3 Å². The van der Waals surface area contributed by atoms with Gasteiger partial charge < -0.3 is 4.42 Å². The lowest BCUT2D eigenvalue weighted by Crippen LogP contribution is -1.87. The first-order chi connectivity index (χ1) is 7.42. The standard InChI is InChI=1S/C14H14O/c1-3-11(10-14-5-2-8-15-14)9-13(4-1)12-6-7-12/h1-5,8-9,12H,6-7,10H2. The highest BCUT2D eigenvalue weighted by molar-refractivity contribution is 5.31. The number of benzene rings is 1. The summed E-state index contributed by atoms with van der Waals surface area (Å²) in [7, 11) is 0. The van der Waals surface area contributed by atoms with E-state index in [2.05, 4.69) is 24.3 Å². The lowest BCUT2D eigenvalue weighted by atomic mass is 10.0. The molecular formula is C14H14O. The van der Waals surface area contributed by atoms with E-state index in [4.69, 9.17) is 4.42 Å². The fraction of sp³-hybridized carbons (Fsp3) is 0.286. The fourth-order valence-electron chi connectivity index (χ4n) is 1.99. The SMILES string of the molecule is c1cc(Cc2ccco2)cc(C2CC2)c1. The van der Waals surface area contributed by atoms with E-state index < -0.39 is 0 Å². The van der Waals surface area contributed by atoms with Gasteiger partial charge >= 0.3 is 0 Å². The minimum atomic E-state index is 0.835. The van der Waals surface area contributed by atoms with Crippen molar-refractivity contribution in [2.24, 2.45) is 0 Å². The van der Waals surface area contributed by atoms with Crippen LogP contribution in [0.2, 0.25) is 0 Å². The van der Waals surface area contributed by atoms with Crippen molar-refractivity contribution in [3.05, 3.63) is 59.5 Å². The summed E-state index contributed by atoms with van der Waals surface area (Å²) in [4.78, 5) is 0. The molecule has 1 aromatic heterocycles. The molecule has 3 rings (SSSR count). The topological polar surface area (TPSA) is 13.1 Å². The molecule has 0 unspecified atom stereocenters. The van der Waals surface area contributed by atoms with Crippen LogP contribution in [0.1, 0.15) is 35.6 Å². The van der Waals surface area contributed by atoms with Crippen molar-refractivity contribution in [3.63, 3.8) is 0 Å². The van der Waals surface area contributed by atoms with Gasteiger partial charge in [-0.15, -0.1) is 0 Å². The maximum absolute atomic E-state index is 5.35. The summed E-state index contributed by atoms with van der Waals surface area (Å²) in [6, 6.07) is 12.9. The molecule has 0 saturated heterocycles. The van der Waals surface area contributed by atoms with Crippen molar-refractivity contribution < 1.29 is 4.42 Å². The number of hydrogen-bond donors (Lipinski definition) is 0. The summed E-state index contributed by atoms with van der Waals surface area (Å²) in [5, 5.41) is 0. The third-order valence-electron chi connectivity index (χ3n) is 2.96. The Kier molecular flexibility index (Phi) is 2.09. The molecule has 0 spiro atoms. The quantitative estimate of drug-likeness (QED) is 0.732. The molecule has 1 aromatic carbocycles. The van der Waals surface area contributed by atoms with Crippen LogP contribution < -0.4 is 0 Å². The van der Waals surface area contributed by atoms with Gasteiger partial charge in [-0.05, 0) is 42.0 Å². The van der Waals surface area contributed by atoms with Crippen molar-refractivity contribution in [2.45, 2.75) is 25.2 Å². The lowest BCUT2D eigenvalue weighted by molar-refractivity contribution is 0.521. The predicted octanol–water partition coefficient (Wildman–Crippen LogP) is 3.75. The molecule has 1 heteroatoms. The number of hydrogen-bond acceptors (Lipinski definition) is 1. The van der Waals surface area contributed by atoms with Crippen LogP contribution in [0.3, 0.4) is 0 Å². The van der Waals surface area contributed by atoms with Gasteiger partial charge in [-0.3, -0.25) is 0 Å². The Balaban J connectivity index is 1.82. The molecule has 1 aliphatic rings. The second-order valence-electron chi connectivity index (χ2n) is 4.28. The molecule has 0 atom stereocenters. The normalized spacial score (nSPS) is 15.5. The molecule has 15 heavy (non-hydrogen) atoms. The molecule has 0 bridgehead atoms. The first-order valence-electron chi connectivity index (χ1n) is 5.53. The minimum Gasteiger partial charge on any atom is -0.469 e. The zero-order valence-electron chi connectivity index (χ0n) is 8.65. The fourth-order valence-corrected chi connectivity index (χ4v) is 1.99. The Labute approximate surface area is 89.7 Å². The summed E-state index contributed by atoms with van der Waals surface area (Å²) < 4.78 is 5.35. The van der Waals surface area contributed by atoms with E-state index in [0.29, 0.717) is 0 Å². The molecular weight excluding hydrogens is 184 g/mol. The number of rotatable bonds is 3. The van der Waals surface area contributed by atoms with E-state index in [-0.39, 0.29) is 0 Å². The Bertz CT molecular complexity index is 438. The van der Waals surface area contributed by atoms with Gasteiger partial charge in [0, 0.05) is 6.42 Å². The van der Waals surface area contributed by atoms with Crippen LogP contribution >= 0.6 is 0 Å². The lowest BCUT2D eigenvalue weighted by Gasteiger charge is -2.02. The van der Waals surface area contributed by atoms with Crippen LogP contribution in [0.5, 0.6) is 0 Å². The third-order valence-corrected chi connectivity index (χ3v) is 2.96. The van der Waals surface area contributed by atoms with Crippen LogP contribution in [-0.2, 0) is 6.42 Å². The van der Waals surface area contributed by atoms with E-state index >= 15 is 0 Å². The van der Waals surface area contributed by atoms with E-state index in [9.17, 15) is 0 Å². The highest BCUT2D eigenvalue weighted by Gasteiger charge is 2.23. The van der Waals surface area contributed by atoms with Crippen molar-refractivity contribution in [1.29, 1.82) is 0 Å². The summed E-state index contributed by atoms with van der Waals surface area (Å²) in [5.74, 6) is 1.88. The Hall–Kier alpha value is -1.50. The van der Waals surface area contributed by atoms with Crippen LogP contribution in [0.25, 0.3) is 0 Å². The summed E-state index contributed by atoms with van der Waals surface area (Å²) in [6.07, 6.45) is 5.38. The first kappa shape index (κ1) is 8.78. The Morgan fingerprint density at radius 1 is 1.13 bits per heavy atom. The Morgan fingerprint density at radius 3 is 2.80 bits per heavy atom. The molecule has 0 radical (unpaired) electrons. The molecule has 0 N–H and O–H groups in total. The summed E-state index contributed by atoms with van der Waals surface area (Å²) in [6.45, 7) is 0. The average Bonchev–Trinajstić information content (AvgIpc) is 3.00. The van der Waals surface area contributed by atoms with Crippen LogP contribution in [0, 0.1) is 0 Å². The average molecular weight is 198 g/mol. The highest BCUT2D eigenvalue weighted by Crippen LogP contribution is 2.40. The van der Waals surface area contributed by atoms with Crippen molar-refractivity contribution in [1.82, 2.24) is 0 Å². The third kappa shape index (κ3) is 1.96. The molecule has 1 heterocycles. The van der Waals surface area contributed by atoms with E-state index in [1.54, 1.807) is 6.26 Å². The molecule has 1 saturated carbocycles. The van der Waals surface area contributed by atoms with E-state index in [1.807, 2.05) is 12.1 Å². The largest absolute Gasteiger partial charge is 0.469 e. The highest BCUT2D eigenvalue weighted by atomic mass is 16.3. The van der Waals surface area contributed by atoms with Crippen LogP contribution in [0.4, 0.5) is 0 Å².